The van der Waals surface area contributed by atoms with Crippen molar-refractivity contribution in [3.8, 4) is 0 Å². The summed E-state index contributed by atoms with van der Waals surface area (Å²) in [5.74, 6) is -4.07. The molecule has 1 amide bonds. The molecule has 1 atom stereocenters. The van der Waals surface area contributed by atoms with Crippen LogP contribution in [0.3, 0.4) is 0 Å². The van der Waals surface area contributed by atoms with E-state index in [1.807, 2.05) is 30.3 Å². The van der Waals surface area contributed by atoms with Gasteiger partial charge in [0, 0.05) is 12.6 Å². The largest absolute Gasteiger partial charge is 0.481 e. The van der Waals surface area contributed by atoms with Crippen LogP contribution in [-0.2, 0) is 14.4 Å². The van der Waals surface area contributed by atoms with E-state index in [1.54, 1.807) is 6.08 Å². The molecule has 0 bridgehead atoms. The Balaban J connectivity index is 2.47. The highest BCUT2D eigenvalue weighted by molar-refractivity contribution is 5.92. The number of nitrogens with one attached hydrogen (secondary N) is 1. The second-order valence-electron chi connectivity index (χ2n) is 4.12. The van der Waals surface area contributed by atoms with Crippen LogP contribution in [0.5, 0.6) is 0 Å². The van der Waals surface area contributed by atoms with Crippen molar-refractivity contribution in [1.29, 1.82) is 0 Å². The third kappa shape index (κ3) is 5.81. The minimum absolute atomic E-state index is 0.223. The number of carbonyl (C=O) groups is 3. The lowest BCUT2D eigenvalue weighted by molar-refractivity contribution is -0.148. The molecule has 1 unspecified atom stereocenters. The Kier molecular flexibility index (Phi) is 5.96. The van der Waals surface area contributed by atoms with Crippen molar-refractivity contribution in [2.75, 3.05) is 6.54 Å². The number of carboxylic acid groups (broad SMARTS) is 2. The first-order valence-electron chi connectivity index (χ1n) is 5.94. The Hall–Kier alpha value is -2.63. The van der Waals surface area contributed by atoms with Crippen molar-refractivity contribution < 1.29 is 24.6 Å². The van der Waals surface area contributed by atoms with Gasteiger partial charge in [-0.2, -0.15) is 0 Å². The van der Waals surface area contributed by atoms with Crippen molar-refractivity contribution in [1.82, 2.24) is 5.32 Å². The number of hydrogen-bond acceptors (Lipinski definition) is 3. The Morgan fingerprint density at radius 1 is 1.15 bits per heavy atom. The lowest BCUT2D eigenvalue weighted by Gasteiger charge is -2.09. The van der Waals surface area contributed by atoms with Crippen LogP contribution in [0.25, 0.3) is 6.08 Å². The van der Waals surface area contributed by atoms with Gasteiger partial charge in [-0.25, -0.2) is 0 Å². The monoisotopic (exact) mass is 277 g/mol. The van der Waals surface area contributed by atoms with Crippen LogP contribution in [0.1, 0.15) is 12.0 Å². The molecule has 0 aliphatic carbocycles. The first kappa shape index (κ1) is 15.4. The molecule has 0 radical (unpaired) electrons. The van der Waals surface area contributed by atoms with Gasteiger partial charge < -0.3 is 15.5 Å². The van der Waals surface area contributed by atoms with Gasteiger partial charge >= 0.3 is 11.9 Å². The molecule has 0 heterocycles. The molecular formula is C14H15NO5. The van der Waals surface area contributed by atoms with Gasteiger partial charge in [-0.1, -0.05) is 30.3 Å². The topological polar surface area (TPSA) is 104 Å². The van der Waals surface area contributed by atoms with E-state index in [0.29, 0.717) is 0 Å². The summed E-state index contributed by atoms with van der Waals surface area (Å²) in [7, 11) is 0. The van der Waals surface area contributed by atoms with Crippen molar-refractivity contribution in [3.05, 3.63) is 42.0 Å². The molecule has 6 nitrogen and oxygen atoms in total. The van der Waals surface area contributed by atoms with Crippen molar-refractivity contribution in [2.45, 2.75) is 6.42 Å². The van der Waals surface area contributed by atoms with E-state index in [1.165, 1.54) is 6.08 Å². The zero-order valence-corrected chi connectivity index (χ0v) is 10.7. The molecule has 0 aliphatic rings. The summed E-state index contributed by atoms with van der Waals surface area (Å²) in [6.45, 7) is -0.223. The standard InChI is InChI=1S/C14H15NO5/c16-12(7-6-10-4-2-1-3-5-10)15-9-11(14(19)20)8-13(17)18/h1-7,11H,8-9H2,(H,15,16)(H,17,18)(H,19,20)/b7-6+. The highest BCUT2D eigenvalue weighted by Gasteiger charge is 2.21. The lowest BCUT2D eigenvalue weighted by Crippen LogP contribution is -2.33. The summed E-state index contributed by atoms with van der Waals surface area (Å²) in [6, 6.07) is 9.12. The summed E-state index contributed by atoms with van der Waals surface area (Å²) < 4.78 is 0. The van der Waals surface area contributed by atoms with Crippen LogP contribution in [0.4, 0.5) is 0 Å². The average Bonchev–Trinajstić information content (AvgIpc) is 2.41. The third-order valence-corrected chi connectivity index (χ3v) is 2.52. The summed E-state index contributed by atoms with van der Waals surface area (Å²) >= 11 is 0. The fourth-order valence-electron chi connectivity index (χ4n) is 1.48. The van der Waals surface area contributed by atoms with E-state index in [9.17, 15) is 14.4 Å². The van der Waals surface area contributed by atoms with Gasteiger partial charge in [-0.15, -0.1) is 0 Å². The second-order valence-corrected chi connectivity index (χ2v) is 4.12. The van der Waals surface area contributed by atoms with Crippen molar-refractivity contribution in [2.24, 2.45) is 5.92 Å². The molecule has 3 N–H and O–H groups in total. The van der Waals surface area contributed by atoms with Gasteiger partial charge in [0.05, 0.1) is 12.3 Å². The third-order valence-electron chi connectivity index (χ3n) is 2.52. The Morgan fingerprint density at radius 3 is 2.35 bits per heavy atom. The van der Waals surface area contributed by atoms with Gasteiger partial charge in [0.1, 0.15) is 0 Å². The van der Waals surface area contributed by atoms with E-state index in [0.717, 1.165) is 5.56 Å². The van der Waals surface area contributed by atoms with Crippen LogP contribution in [-0.4, -0.2) is 34.6 Å². The van der Waals surface area contributed by atoms with E-state index < -0.39 is 30.2 Å². The predicted molar refractivity (Wildman–Crippen MR) is 71.9 cm³/mol. The summed E-state index contributed by atoms with van der Waals surface area (Å²) in [4.78, 5) is 32.8. The molecule has 1 aromatic rings. The number of rotatable bonds is 7. The number of amides is 1. The zero-order valence-electron chi connectivity index (χ0n) is 10.7. The molecule has 0 aromatic heterocycles. The van der Waals surface area contributed by atoms with E-state index in [2.05, 4.69) is 5.32 Å². The minimum Gasteiger partial charge on any atom is -0.481 e. The molecule has 0 saturated heterocycles. The maximum atomic E-state index is 11.5. The molecule has 0 aliphatic heterocycles. The average molecular weight is 277 g/mol. The lowest BCUT2D eigenvalue weighted by atomic mass is 10.1. The molecular weight excluding hydrogens is 262 g/mol. The number of carboxylic acids is 2. The quantitative estimate of drug-likeness (QED) is 0.645. The summed E-state index contributed by atoms with van der Waals surface area (Å²) in [5.41, 5.74) is 0.836. The molecule has 6 heteroatoms. The smallest absolute Gasteiger partial charge is 0.308 e. The first-order chi connectivity index (χ1) is 9.49. The number of hydrogen-bond donors (Lipinski definition) is 3. The van der Waals surface area contributed by atoms with Crippen LogP contribution in [0.2, 0.25) is 0 Å². The van der Waals surface area contributed by atoms with E-state index >= 15 is 0 Å². The Bertz CT molecular complexity index is 510. The maximum Gasteiger partial charge on any atom is 0.308 e. The Labute approximate surface area is 115 Å². The normalized spacial score (nSPS) is 12.0. The molecule has 20 heavy (non-hydrogen) atoms. The van der Waals surface area contributed by atoms with E-state index in [4.69, 9.17) is 10.2 Å². The molecule has 0 saturated carbocycles. The van der Waals surface area contributed by atoms with Crippen molar-refractivity contribution >= 4 is 23.9 Å². The van der Waals surface area contributed by atoms with E-state index in [-0.39, 0.29) is 6.54 Å². The number of benzene rings is 1. The fraction of sp³-hybridized carbons (Fsp3) is 0.214. The van der Waals surface area contributed by atoms with Gasteiger partial charge in [-0.3, -0.25) is 14.4 Å². The predicted octanol–water partition coefficient (Wildman–Crippen LogP) is 0.992. The van der Waals surface area contributed by atoms with Crippen LogP contribution in [0, 0.1) is 5.92 Å². The summed E-state index contributed by atoms with van der Waals surface area (Å²) in [6.07, 6.45) is 2.33. The zero-order chi connectivity index (χ0) is 15.0. The molecule has 0 spiro atoms. The maximum absolute atomic E-state index is 11.5. The van der Waals surface area contributed by atoms with Crippen LogP contribution >= 0.6 is 0 Å². The molecule has 1 rings (SSSR count). The molecule has 0 fully saturated rings. The highest BCUT2D eigenvalue weighted by atomic mass is 16.4. The van der Waals surface area contributed by atoms with Gasteiger partial charge in [-0.05, 0) is 11.6 Å². The highest BCUT2D eigenvalue weighted by Crippen LogP contribution is 2.03. The van der Waals surface area contributed by atoms with Crippen molar-refractivity contribution in [3.63, 3.8) is 0 Å². The summed E-state index contributed by atoms with van der Waals surface area (Å²) in [5, 5.41) is 19.7. The van der Waals surface area contributed by atoms with Gasteiger partial charge in [0.15, 0.2) is 0 Å². The fourth-order valence-corrected chi connectivity index (χ4v) is 1.48. The second kappa shape index (κ2) is 7.73. The minimum atomic E-state index is -1.25. The van der Waals surface area contributed by atoms with Crippen LogP contribution in [0.15, 0.2) is 36.4 Å². The first-order valence-corrected chi connectivity index (χ1v) is 5.94. The molecule has 1 aromatic carbocycles. The van der Waals surface area contributed by atoms with Gasteiger partial charge in [0.2, 0.25) is 5.91 Å². The SMILES string of the molecule is O=C(O)CC(CNC(=O)/C=C/c1ccccc1)C(=O)O. The Morgan fingerprint density at radius 2 is 1.80 bits per heavy atom. The number of carbonyl (C=O) groups excluding carboxylic acids is 1. The number of aliphatic carboxylic acids is 2. The molecule has 106 valence electrons. The van der Waals surface area contributed by atoms with Crippen LogP contribution < -0.4 is 5.32 Å². The van der Waals surface area contributed by atoms with Gasteiger partial charge in [0.25, 0.3) is 0 Å².